The van der Waals surface area contributed by atoms with Crippen LogP contribution >= 0.6 is 0 Å². The molecule has 0 aliphatic heterocycles. The van der Waals surface area contributed by atoms with E-state index in [9.17, 15) is 9.59 Å². The number of rotatable bonds is 18. The van der Waals surface area contributed by atoms with Crippen LogP contribution in [-0.2, 0) is 22.4 Å². The summed E-state index contributed by atoms with van der Waals surface area (Å²) >= 11 is 0. The summed E-state index contributed by atoms with van der Waals surface area (Å²) in [5.74, 6) is 2.30. The van der Waals surface area contributed by atoms with E-state index in [0.717, 1.165) is 36.1 Å². The number of aryl methyl sites for hydroxylation is 1. The van der Waals surface area contributed by atoms with E-state index in [2.05, 4.69) is 10.3 Å². The molecule has 0 aliphatic carbocycles. The summed E-state index contributed by atoms with van der Waals surface area (Å²) in [6.45, 7) is 3.23. The van der Waals surface area contributed by atoms with Crippen molar-refractivity contribution in [3.05, 3.63) is 142 Å². The summed E-state index contributed by atoms with van der Waals surface area (Å²) in [6, 6.07) is 32.6. The van der Waals surface area contributed by atoms with E-state index in [1.54, 1.807) is 41.1 Å². The van der Waals surface area contributed by atoms with E-state index in [1.165, 1.54) is 12.1 Å². The van der Waals surface area contributed by atoms with Crippen LogP contribution in [0, 0.1) is 0 Å². The maximum atomic E-state index is 12.6. The highest BCUT2D eigenvalue weighted by atomic mass is 16.5. The van der Waals surface area contributed by atoms with Gasteiger partial charge in [0.1, 0.15) is 40.8 Å². The quantitative estimate of drug-likeness (QED) is 0.0834. The van der Waals surface area contributed by atoms with Crippen molar-refractivity contribution in [3.63, 3.8) is 0 Å². The fraction of sp³-hybridized carbons (Fsp3) is 0.238. The van der Waals surface area contributed by atoms with Crippen molar-refractivity contribution >= 4 is 21.9 Å². The number of benzene rings is 4. The van der Waals surface area contributed by atoms with Crippen LogP contribution in [0.2, 0.25) is 0 Å². The molecule has 3 heterocycles. The highest BCUT2D eigenvalue weighted by Crippen LogP contribution is 2.26. The van der Waals surface area contributed by atoms with Crippen LogP contribution in [0.5, 0.6) is 11.5 Å². The van der Waals surface area contributed by atoms with Crippen LogP contribution in [0.3, 0.4) is 0 Å². The lowest BCUT2D eigenvalue weighted by Crippen LogP contribution is -2.13. The van der Waals surface area contributed by atoms with Gasteiger partial charge < -0.3 is 27.8 Å². The molecule has 0 amide bonds. The molecule has 0 unspecified atom stereocenters. The normalized spacial score (nSPS) is 11.3. The van der Waals surface area contributed by atoms with Crippen molar-refractivity contribution < 1.29 is 27.8 Å². The highest BCUT2D eigenvalue weighted by Gasteiger charge is 2.10. The van der Waals surface area contributed by atoms with Crippen molar-refractivity contribution in [2.45, 2.75) is 25.8 Å². The molecule has 0 bridgehead atoms. The molecule has 3 aromatic heterocycles. The molecule has 0 atom stereocenters. The number of aromatic nitrogens is 3. The lowest BCUT2D eigenvalue weighted by atomic mass is 10.1. The molecule has 0 aliphatic rings. The molecule has 7 rings (SSSR count). The van der Waals surface area contributed by atoms with Gasteiger partial charge in [-0.2, -0.15) is 0 Å². The molecule has 0 N–H and O–H groups in total. The minimum Gasteiger partial charge on any atom is -0.493 e. The van der Waals surface area contributed by atoms with E-state index in [1.807, 2.05) is 66.9 Å². The van der Waals surface area contributed by atoms with Crippen LogP contribution in [0.4, 0.5) is 0 Å². The Labute approximate surface area is 305 Å². The monoisotopic (exact) mass is 713 g/mol. The second-order valence-corrected chi connectivity index (χ2v) is 12.3. The lowest BCUT2D eigenvalue weighted by molar-refractivity contribution is 0.0333. The molecule has 0 saturated carbocycles. The van der Waals surface area contributed by atoms with Gasteiger partial charge in [-0.3, -0.25) is 9.59 Å². The van der Waals surface area contributed by atoms with Gasteiger partial charge in [0.05, 0.1) is 56.0 Å². The van der Waals surface area contributed by atoms with Crippen molar-refractivity contribution in [3.8, 4) is 34.1 Å². The molecular weight excluding hydrogens is 674 g/mol. The molecule has 270 valence electrons. The van der Waals surface area contributed by atoms with Gasteiger partial charge in [-0.05, 0) is 43.5 Å². The molecule has 0 radical (unpaired) electrons. The zero-order chi connectivity index (χ0) is 36.2. The third kappa shape index (κ3) is 9.45. The predicted molar refractivity (Wildman–Crippen MR) is 201 cm³/mol. The second-order valence-electron chi connectivity index (χ2n) is 12.3. The third-order valence-electron chi connectivity index (χ3n) is 8.53. The Morgan fingerprint density at radius 2 is 1.11 bits per heavy atom. The molecular formula is C42H39N3O8. The molecule has 0 fully saturated rings. The third-order valence-corrected chi connectivity index (χ3v) is 8.53. The number of ether oxygens (including phenoxy) is 4. The fourth-order valence-electron chi connectivity index (χ4n) is 5.80. The Hall–Kier alpha value is -6.04. The summed E-state index contributed by atoms with van der Waals surface area (Å²) in [6.07, 6.45) is 4.45. The molecule has 0 spiro atoms. The Morgan fingerprint density at radius 3 is 1.72 bits per heavy atom. The Morgan fingerprint density at radius 1 is 0.566 bits per heavy atom. The minimum atomic E-state index is -0.0988. The van der Waals surface area contributed by atoms with Gasteiger partial charge in [0.15, 0.2) is 10.9 Å². The van der Waals surface area contributed by atoms with Gasteiger partial charge in [-0.25, -0.2) is 4.68 Å². The predicted octanol–water partition coefficient (Wildman–Crippen LogP) is 7.34. The van der Waals surface area contributed by atoms with E-state index < -0.39 is 0 Å². The first-order chi connectivity index (χ1) is 26.1. The average molecular weight is 714 g/mol. The van der Waals surface area contributed by atoms with Gasteiger partial charge >= 0.3 is 0 Å². The lowest BCUT2D eigenvalue weighted by Gasteiger charge is -2.09. The minimum absolute atomic E-state index is 0.0840. The highest BCUT2D eigenvalue weighted by molar-refractivity contribution is 5.81. The summed E-state index contributed by atoms with van der Waals surface area (Å²) in [5, 5.41) is 9.51. The Kier molecular flexibility index (Phi) is 11.6. The number of nitrogens with zero attached hydrogens (tertiary/aromatic N) is 3. The number of unbranched alkanes of at least 4 members (excludes halogenated alkanes) is 1. The molecule has 53 heavy (non-hydrogen) atoms. The summed E-state index contributed by atoms with van der Waals surface area (Å²) < 4.78 is 36.9. The van der Waals surface area contributed by atoms with Crippen LogP contribution in [0.1, 0.15) is 18.5 Å². The van der Waals surface area contributed by atoms with Crippen LogP contribution < -0.4 is 20.3 Å². The summed E-state index contributed by atoms with van der Waals surface area (Å²) in [4.78, 5) is 25.2. The average Bonchev–Trinajstić information content (AvgIpc) is 3.65. The Balaban J connectivity index is 0.753. The number of hydrogen-bond donors (Lipinski definition) is 0. The van der Waals surface area contributed by atoms with E-state index >= 15 is 0 Å². The molecule has 11 nitrogen and oxygen atoms in total. The zero-order valence-corrected chi connectivity index (χ0v) is 29.1. The maximum absolute atomic E-state index is 12.6. The molecule has 0 saturated heterocycles. The zero-order valence-electron chi connectivity index (χ0n) is 29.1. The standard InChI is InChI=1S/C42H39N3O8/c46-37-27-39(30-9-3-1-4-10-30)52-41-25-33(14-16-35(37)41)50-19-8-7-13-32-29-45(44-43-32)18-20-48-21-22-49-23-24-51-34-15-17-36-38(47)28-40(53-42(36)26-34)31-11-5-2-6-12-31/h1-6,9-12,14-17,25-29H,7-8,13,18-24H2. The van der Waals surface area contributed by atoms with Crippen molar-refractivity contribution in [1.82, 2.24) is 15.0 Å². The first kappa shape index (κ1) is 35.4. The Bertz CT molecular complexity index is 2370. The van der Waals surface area contributed by atoms with Crippen LogP contribution in [0.15, 0.2) is 134 Å². The maximum Gasteiger partial charge on any atom is 0.193 e. The van der Waals surface area contributed by atoms with Crippen molar-refractivity contribution in [1.29, 1.82) is 0 Å². The second kappa shape index (κ2) is 17.5. The first-order valence-corrected chi connectivity index (χ1v) is 17.7. The molecule has 7 aromatic rings. The molecule has 11 heteroatoms. The number of fused-ring (bicyclic) bond motifs is 2. The van der Waals surface area contributed by atoms with Gasteiger partial charge in [0, 0.05) is 41.6 Å². The van der Waals surface area contributed by atoms with Gasteiger partial charge in [0.2, 0.25) is 0 Å². The summed E-state index contributed by atoms with van der Waals surface area (Å²) in [7, 11) is 0. The van der Waals surface area contributed by atoms with E-state index in [0.29, 0.717) is 91.1 Å². The van der Waals surface area contributed by atoms with E-state index in [4.69, 9.17) is 27.8 Å². The SMILES string of the molecule is O=c1cc(-c2ccccc2)oc2cc(OCCCCc3cn(CCOCCOCCOc4ccc5c(=O)cc(-c6ccccc6)oc5c4)nn3)ccc12. The van der Waals surface area contributed by atoms with Crippen LogP contribution in [-0.4, -0.2) is 54.6 Å². The first-order valence-electron chi connectivity index (χ1n) is 17.7. The van der Waals surface area contributed by atoms with Crippen molar-refractivity contribution in [2.24, 2.45) is 0 Å². The van der Waals surface area contributed by atoms with E-state index in [-0.39, 0.29) is 10.9 Å². The topological polar surface area (TPSA) is 128 Å². The van der Waals surface area contributed by atoms with Gasteiger partial charge in [-0.1, -0.05) is 65.9 Å². The smallest absolute Gasteiger partial charge is 0.193 e. The number of hydrogen-bond acceptors (Lipinski definition) is 10. The van der Waals surface area contributed by atoms with Gasteiger partial charge in [-0.15, -0.1) is 5.10 Å². The summed E-state index contributed by atoms with van der Waals surface area (Å²) in [5.41, 5.74) is 3.40. The van der Waals surface area contributed by atoms with Gasteiger partial charge in [0.25, 0.3) is 0 Å². The largest absolute Gasteiger partial charge is 0.493 e. The fourth-order valence-corrected chi connectivity index (χ4v) is 5.80. The molecule has 4 aromatic carbocycles. The van der Waals surface area contributed by atoms with Crippen LogP contribution in [0.25, 0.3) is 44.6 Å². The van der Waals surface area contributed by atoms with Crippen molar-refractivity contribution in [2.75, 3.05) is 39.6 Å².